The summed E-state index contributed by atoms with van der Waals surface area (Å²) in [5.74, 6) is -0.333. The molecule has 2 aromatic heterocycles. The number of aryl methyl sites for hydroxylation is 1. The summed E-state index contributed by atoms with van der Waals surface area (Å²) in [6.45, 7) is 4.22. The molecule has 47 heavy (non-hydrogen) atoms. The Labute approximate surface area is 278 Å². The van der Waals surface area contributed by atoms with E-state index < -0.39 is 23.6 Å². The summed E-state index contributed by atoms with van der Waals surface area (Å²) in [6, 6.07) is 13.0. The van der Waals surface area contributed by atoms with E-state index in [1.165, 1.54) is 4.68 Å². The molecule has 4 aromatic rings. The Kier molecular flexibility index (Phi) is 10.6. The van der Waals surface area contributed by atoms with Crippen molar-refractivity contribution in [2.75, 3.05) is 27.4 Å². The standard InChI is InChI=1S/C34H42ClN7O5/c1-6-36-32(44)27(20-10-9-11-20)41-33(45)34(2,19-46-4)21-14-15-24-25(18-21)39-30(38-24)28(40-31(43)26-16-17-37-42(26)3)29(47-5)22-12-7-8-13-23(22)35/h7-8,12-18,20,27-29H,6,9-11,19H2,1-5H3,(H,36,44)(H,38,39)(H,40,43)(H,41,45)/t27-,28?,29?,34?/m1/s1. The molecule has 1 aliphatic carbocycles. The van der Waals surface area contributed by atoms with Gasteiger partial charge in [0.15, 0.2) is 0 Å². The Morgan fingerprint density at radius 2 is 1.89 bits per heavy atom. The molecular weight excluding hydrogens is 622 g/mol. The molecule has 0 bridgehead atoms. The van der Waals surface area contributed by atoms with Crippen LogP contribution in [0.3, 0.4) is 0 Å². The summed E-state index contributed by atoms with van der Waals surface area (Å²) in [7, 11) is 4.77. The van der Waals surface area contributed by atoms with Gasteiger partial charge < -0.3 is 30.4 Å². The third kappa shape index (κ3) is 7.04. The van der Waals surface area contributed by atoms with Gasteiger partial charge in [-0.25, -0.2) is 4.98 Å². The first-order valence-corrected chi connectivity index (χ1v) is 16.1. The summed E-state index contributed by atoms with van der Waals surface area (Å²) in [5.41, 5.74) is 1.82. The molecule has 3 unspecified atom stereocenters. The number of fused-ring (bicyclic) bond motifs is 1. The van der Waals surface area contributed by atoms with Crippen molar-refractivity contribution < 1.29 is 23.9 Å². The first kappa shape index (κ1) is 34.1. The van der Waals surface area contributed by atoms with Crippen molar-refractivity contribution in [3.05, 3.63) is 82.4 Å². The number of likely N-dealkylation sites (N-methyl/N-ethyl adjacent to an activating group) is 1. The van der Waals surface area contributed by atoms with Crippen LogP contribution < -0.4 is 16.0 Å². The molecule has 0 saturated heterocycles. The minimum absolute atomic E-state index is 0.0794. The number of rotatable bonds is 14. The number of hydrogen-bond donors (Lipinski definition) is 4. The van der Waals surface area contributed by atoms with Gasteiger partial charge in [0, 0.05) is 44.6 Å². The highest BCUT2D eigenvalue weighted by Gasteiger charge is 2.41. The monoisotopic (exact) mass is 663 g/mol. The molecule has 0 spiro atoms. The van der Waals surface area contributed by atoms with Crippen molar-refractivity contribution in [1.29, 1.82) is 0 Å². The minimum Gasteiger partial charge on any atom is -0.383 e. The lowest BCUT2D eigenvalue weighted by molar-refractivity contribution is -0.135. The number of methoxy groups -OCH3 is 2. The van der Waals surface area contributed by atoms with Gasteiger partial charge in [-0.2, -0.15) is 5.10 Å². The van der Waals surface area contributed by atoms with Gasteiger partial charge in [-0.15, -0.1) is 0 Å². The van der Waals surface area contributed by atoms with Crippen LogP contribution in [0.2, 0.25) is 5.02 Å². The fourth-order valence-corrected chi connectivity index (χ4v) is 6.33. The second-order valence-corrected chi connectivity index (χ2v) is 12.5. The predicted molar refractivity (Wildman–Crippen MR) is 178 cm³/mol. The zero-order valence-electron chi connectivity index (χ0n) is 27.3. The number of carbonyl (C=O) groups is 3. The first-order valence-electron chi connectivity index (χ1n) is 15.7. The van der Waals surface area contributed by atoms with E-state index in [0.717, 1.165) is 19.3 Å². The topological polar surface area (TPSA) is 152 Å². The number of carbonyl (C=O) groups excluding carboxylic acids is 3. The van der Waals surface area contributed by atoms with Crippen LogP contribution in [0.1, 0.15) is 72.7 Å². The van der Waals surface area contributed by atoms with E-state index in [1.54, 1.807) is 46.5 Å². The molecule has 0 radical (unpaired) electrons. The third-order valence-corrected chi connectivity index (χ3v) is 9.36. The Balaban J connectivity index is 1.51. The lowest BCUT2D eigenvalue weighted by Gasteiger charge is -2.36. The van der Waals surface area contributed by atoms with Gasteiger partial charge >= 0.3 is 0 Å². The number of H-pyrrole nitrogens is 1. The van der Waals surface area contributed by atoms with Crippen molar-refractivity contribution in [1.82, 2.24) is 35.7 Å². The van der Waals surface area contributed by atoms with Crippen molar-refractivity contribution in [3.63, 3.8) is 0 Å². The average molecular weight is 664 g/mol. The van der Waals surface area contributed by atoms with Crippen LogP contribution >= 0.6 is 11.6 Å². The van der Waals surface area contributed by atoms with Gasteiger partial charge in [0.05, 0.1) is 23.1 Å². The van der Waals surface area contributed by atoms with Crippen LogP contribution in [-0.4, -0.2) is 70.9 Å². The fraction of sp³-hybridized carbons (Fsp3) is 0.441. The van der Waals surface area contributed by atoms with Crippen molar-refractivity contribution in [2.24, 2.45) is 13.0 Å². The number of ether oxygens (including phenoxy) is 2. The molecular formula is C34H42ClN7O5. The zero-order chi connectivity index (χ0) is 33.7. The molecule has 13 heteroatoms. The summed E-state index contributed by atoms with van der Waals surface area (Å²) in [4.78, 5) is 48.6. The number of aromatic amines is 1. The molecule has 2 aromatic carbocycles. The zero-order valence-corrected chi connectivity index (χ0v) is 28.1. The molecule has 1 fully saturated rings. The molecule has 12 nitrogen and oxygen atoms in total. The van der Waals surface area contributed by atoms with E-state index in [0.29, 0.717) is 45.2 Å². The minimum atomic E-state index is -1.13. The Bertz CT molecular complexity index is 1730. The highest BCUT2D eigenvalue weighted by molar-refractivity contribution is 6.31. The number of imidazole rings is 1. The van der Waals surface area contributed by atoms with Gasteiger partial charge in [0.25, 0.3) is 5.91 Å². The number of nitrogens with zero attached hydrogens (tertiary/aromatic N) is 3. The molecule has 250 valence electrons. The van der Waals surface area contributed by atoms with E-state index in [9.17, 15) is 14.4 Å². The number of hydrogen-bond acceptors (Lipinski definition) is 7. The Morgan fingerprint density at radius 1 is 1.13 bits per heavy atom. The maximum Gasteiger partial charge on any atom is 0.270 e. The molecule has 1 aliphatic rings. The molecule has 4 N–H and O–H groups in total. The fourth-order valence-electron chi connectivity index (χ4n) is 6.09. The van der Waals surface area contributed by atoms with Crippen LogP contribution in [-0.2, 0) is 31.5 Å². The average Bonchev–Trinajstić information content (AvgIpc) is 3.66. The van der Waals surface area contributed by atoms with Crippen molar-refractivity contribution in [3.8, 4) is 0 Å². The number of nitrogens with one attached hydrogen (secondary N) is 4. The highest BCUT2D eigenvalue weighted by atomic mass is 35.5. The van der Waals surface area contributed by atoms with Crippen molar-refractivity contribution in [2.45, 2.75) is 56.7 Å². The Morgan fingerprint density at radius 3 is 2.51 bits per heavy atom. The predicted octanol–water partition coefficient (Wildman–Crippen LogP) is 4.13. The van der Waals surface area contributed by atoms with Crippen LogP contribution in [0, 0.1) is 5.92 Å². The second-order valence-electron chi connectivity index (χ2n) is 12.1. The number of benzene rings is 2. The summed E-state index contributed by atoms with van der Waals surface area (Å²) in [5, 5.41) is 13.6. The summed E-state index contributed by atoms with van der Waals surface area (Å²) < 4.78 is 13.0. The lowest BCUT2D eigenvalue weighted by atomic mass is 9.77. The first-order chi connectivity index (χ1) is 22.6. The SMILES string of the molecule is CCNC(=O)[C@H](NC(=O)C(C)(COC)c1ccc2[nH]c(C(NC(=O)c3ccnn3C)C(OC)c3ccccc3Cl)nc2c1)C1CCC1. The maximum atomic E-state index is 14.0. The van der Waals surface area contributed by atoms with E-state index >= 15 is 0 Å². The van der Waals surface area contributed by atoms with Crippen LogP contribution in [0.15, 0.2) is 54.7 Å². The second kappa shape index (κ2) is 14.7. The van der Waals surface area contributed by atoms with Crippen LogP contribution in [0.5, 0.6) is 0 Å². The molecule has 4 atom stereocenters. The normalized spacial score (nSPS) is 16.5. The molecule has 5 rings (SSSR count). The van der Waals surface area contributed by atoms with Crippen LogP contribution in [0.4, 0.5) is 0 Å². The molecule has 3 amide bonds. The summed E-state index contributed by atoms with van der Waals surface area (Å²) >= 11 is 6.59. The molecule has 1 saturated carbocycles. The largest absolute Gasteiger partial charge is 0.383 e. The van der Waals surface area contributed by atoms with Crippen LogP contribution in [0.25, 0.3) is 11.0 Å². The Hall–Kier alpha value is -4.26. The number of aromatic nitrogens is 4. The van der Waals surface area contributed by atoms with E-state index in [4.69, 9.17) is 26.1 Å². The number of halogens is 1. The molecule has 2 heterocycles. The van der Waals surface area contributed by atoms with Crippen molar-refractivity contribution >= 4 is 40.4 Å². The quantitative estimate of drug-likeness (QED) is 0.158. The van der Waals surface area contributed by atoms with Gasteiger partial charge in [-0.3, -0.25) is 19.1 Å². The van der Waals surface area contributed by atoms with Gasteiger partial charge in [-0.05, 0) is 62.4 Å². The maximum absolute atomic E-state index is 14.0. The smallest absolute Gasteiger partial charge is 0.270 e. The summed E-state index contributed by atoms with van der Waals surface area (Å²) in [6.07, 6.45) is 3.66. The lowest BCUT2D eigenvalue weighted by Crippen LogP contribution is -2.57. The highest BCUT2D eigenvalue weighted by Crippen LogP contribution is 2.37. The third-order valence-electron chi connectivity index (χ3n) is 9.02. The van der Waals surface area contributed by atoms with E-state index in [2.05, 4.69) is 26.0 Å². The van der Waals surface area contributed by atoms with Gasteiger partial charge in [0.2, 0.25) is 11.8 Å². The van der Waals surface area contributed by atoms with Gasteiger partial charge in [0.1, 0.15) is 29.7 Å². The van der Waals surface area contributed by atoms with E-state index in [-0.39, 0.29) is 30.2 Å². The molecule has 0 aliphatic heterocycles. The van der Waals surface area contributed by atoms with E-state index in [1.807, 2.05) is 43.3 Å². The van der Waals surface area contributed by atoms with Gasteiger partial charge in [-0.1, -0.05) is 42.3 Å². The number of amides is 3.